The molecule has 0 atom stereocenters. The molecule has 0 saturated heterocycles. The maximum Gasteiger partial charge on any atom is 0.277 e. The van der Waals surface area contributed by atoms with Crippen LogP contribution in [-0.2, 0) is 13.0 Å². The monoisotopic (exact) mass is 283 g/mol. The van der Waals surface area contributed by atoms with Crippen LogP contribution in [0.4, 0.5) is 0 Å². The van der Waals surface area contributed by atoms with E-state index in [1.807, 2.05) is 41.9 Å². The number of nitrogens with one attached hydrogen (secondary N) is 2. The van der Waals surface area contributed by atoms with E-state index in [2.05, 4.69) is 20.3 Å². The van der Waals surface area contributed by atoms with Gasteiger partial charge in [0, 0.05) is 19.5 Å². The van der Waals surface area contributed by atoms with Gasteiger partial charge in [-0.3, -0.25) is 4.79 Å². The summed E-state index contributed by atoms with van der Waals surface area (Å²) in [4.78, 5) is 23.8. The molecular formula is C15H17N5O. The van der Waals surface area contributed by atoms with Gasteiger partial charge in [-0.15, -0.1) is 0 Å². The Bertz CT molecular complexity index is 791. The smallest absolute Gasteiger partial charge is 0.277 e. The standard InChI is InChI=1S/C15H17N5O/c1-16-8-7-12-18-14-13(15(21)19-12)20(10-17-14)9-11-5-3-2-4-6-11/h2-6,10,16H,7-9H2,1H3,(H,18,19,21). The van der Waals surface area contributed by atoms with E-state index in [1.54, 1.807) is 6.33 Å². The van der Waals surface area contributed by atoms with Gasteiger partial charge in [-0.1, -0.05) is 30.3 Å². The average molecular weight is 283 g/mol. The Morgan fingerprint density at radius 3 is 2.86 bits per heavy atom. The lowest BCUT2D eigenvalue weighted by Crippen LogP contribution is -2.18. The molecule has 108 valence electrons. The zero-order valence-electron chi connectivity index (χ0n) is 11.8. The van der Waals surface area contributed by atoms with Gasteiger partial charge in [0.25, 0.3) is 5.56 Å². The fourth-order valence-electron chi connectivity index (χ4n) is 2.29. The van der Waals surface area contributed by atoms with Crippen LogP contribution in [0.5, 0.6) is 0 Å². The van der Waals surface area contributed by atoms with E-state index in [0.717, 1.165) is 12.1 Å². The van der Waals surface area contributed by atoms with E-state index in [1.165, 1.54) is 0 Å². The summed E-state index contributed by atoms with van der Waals surface area (Å²) < 4.78 is 1.83. The summed E-state index contributed by atoms with van der Waals surface area (Å²) in [6.45, 7) is 1.37. The van der Waals surface area contributed by atoms with Crippen molar-refractivity contribution < 1.29 is 0 Å². The number of fused-ring (bicyclic) bond motifs is 1. The number of aromatic nitrogens is 4. The highest BCUT2D eigenvalue weighted by Crippen LogP contribution is 2.09. The Labute approximate surface area is 121 Å². The number of hydrogen-bond acceptors (Lipinski definition) is 4. The number of aromatic amines is 1. The van der Waals surface area contributed by atoms with Crippen molar-refractivity contribution in [2.24, 2.45) is 0 Å². The summed E-state index contributed by atoms with van der Waals surface area (Å²) in [5, 5.41) is 3.03. The molecule has 0 spiro atoms. The number of imidazole rings is 1. The van der Waals surface area contributed by atoms with Crippen LogP contribution in [0.15, 0.2) is 41.5 Å². The number of likely N-dealkylation sites (N-methyl/N-ethyl adjacent to an activating group) is 1. The van der Waals surface area contributed by atoms with Crippen molar-refractivity contribution >= 4 is 11.2 Å². The van der Waals surface area contributed by atoms with Gasteiger partial charge in [0.1, 0.15) is 5.82 Å². The first-order chi connectivity index (χ1) is 10.3. The molecule has 1 aromatic carbocycles. The predicted octanol–water partition coefficient (Wildman–Crippen LogP) is 0.930. The Kier molecular flexibility index (Phi) is 3.79. The van der Waals surface area contributed by atoms with Crippen molar-refractivity contribution in [3.8, 4) is 0 Å². The van der Waals surface area contributed by atoms with E-state index in [0.29, 0.717) is 30.0 Å². The van der Waals surface area contributed by atoms with Crippen LogP contribution in [0, 0.1) is 0 Å². The molecule has 0 aliphatic heterocycles. The Morgan fingerprint density at radius 2 is 2.10 bits per heavy atom. The predicted molar refractivity (Wildman–Crippen MR) is 81.3 cm³/mol. The molecule has 2 N–H and O–H groups in total. The van der Waals surface area contributed by atoms with Gasteiger partial charge < -0.3 is 14.9 Å². The summed E-state index contributed by atoms with van der Waals surface area (Å²) in [5.74, 6) is 0.659. The van der Waals surface area contributed by atoms with Crippen molar-refractivity contribution in [3.63, 3.8) is 0 Å². The van der Waals surface area contributed by atoms with Crippen molar-refractivity contribution in [2.45, 2.75) is 13.0 Å². The Hall–Kier alpha value is -2.47. The normalized spacial score (nSPS) is 11.1. The minimum absolute atomic E-state index is 0.139. The molecular weight excluding hydrogens is 266 g/mol. The van der Waals surface area contributed by atoms with Gasteiger partial charge in [-0.25, -0.2) is 9.97 Å². The molecule has 0 radical (unpaired) electrons. The van der Waals surface area contributed by atoms with Crippen molar-refractivity contribution in [1.29, 1.82) is 0 Å². The van der Waals surface area contributed by atoms with Crippen LogP contribution < -0.4 is 10.9 Å². The highest BCUT2D eigenvalue weighted by Gasteiger charge is 2.10. The molecule has 0 fully saturated rings. The van der Waals surface area contributed by atoms with Crippen molar-refractivity contribution in [3.05, 3.63) is 58.4 Å². The third kappa shape index (κ3) is 2.85. The zero-order valence-corrected chi connectivity index (χ0v) is 11.8. The number of H-pyrrole nitrogens is 1. The lowest BCUT2D eigenvalue weighted by Gasteiger charge is -2.04. The quantitative estimate of drug-likeness (QED) is 0.730. The minimum Gasteiger partial charge on any atom is -0.320 e. The molecule has 0 aliphatic rings. The average Bonchev–Trinajstić information content (AvgIpc) is 2.90. The molecule has 0 amide bonds. The largest absolute Gasteiger partial charge is 0.320 e. The summed E-state index contributed by atoms with van der Waals surface area (Å²) in [7, 11) is 1.87. The molecule has 3 aromatic rings. The Balaban J connectivity index is 1.97. The Morgan fingerprint density at radius 1 is 1.29 bits per heavy atom. The summed E-state index contributed by atoms with van der Waals surface area (Å²) in [6.07, 6.45) is 2.34. The van der Waals surface area contributed by atoms with Crippen LogP contribution in [0.2, 0.25) is 0 Å². The van der Waals surface area contributed by atoms with Gasteiger partial charge in [-0.05, 0) is 12.6 Å². The number of hydrogen-bond donors (Lipinski definition) is 2. The fraction of sp³-hybridized carbons (Fsp3) is 0.267. The van der Waals surface area contributed by atoms with Crippen LogP contribution in [0.1, 0.15) is 11.4 Å². The summed E-state index contributed by atoms with van der Waals surface area (Å²) in [6, 6.07) is 9.97. The van der Waals surface area contributed by atoms with E-state index in [-0.39, 0.29) is 5.56 Å². The maximum absolute atomic E-state index is 12.3. The topological polar surface area (TPSA) is 75.6 Å². The maximum atomic E-state index is 12.3. The van der Waals surface area contributed by atoms with Gasteiger partial charge in [0.05, 0.1) is 6.33 Å². The first-order valence-corrected chi connectivity index (χ1v) is 6.90. The molecule has 3 rings (SSSR count). The molecule has 0 aliphatic carbocycles. The number of nitrogens with zero attached hydrogens (tertiary/aromatic N) is 3. The first kappa shape index (κ1) is 13.5. The minimum atomic E-state index is -0.139. The summed E-state index contributed by atoms with van der Waals surface area (Å²) >= 11 is 0. The second-order valence-corrected chi connectivity index (χ2v) is 4.90. The summed E-state index contributed by atoms with van der Waals surface area (Å²) in [5.41, 5.74) is 2.00. The van der Waals surface area contributed by atoms with E-state index in [9.17, 15) is 4.79 Å². The van der Waals surface area contributed by atoms with Crippen LogP contribution >= 0.6 is 0 Å². The molecule has 2 heterocycles. The highest BCUT2D eigenvalue weighted by atomic mass is 16.1. The van der Waals surface area contributed by atoms with Gasteiger partial charge >= 0.3 is 0 Å². The van der Waals surface area contributed by atoms with Crippen molar-refractivity contribution in [2.75, 3.05) is 13.6 Å². The zero-order chi connectivity index (χ0) is 14.7. The SMILES string of the molecule is CNCCc1nc2ncn(Cc3ccccc3)c2c(=O)[nH]1. The molecule has 0 bridgehead atoms. The molecule has 0 saturated carbocycles. The molecule has 2 aromatic heterocycles. The van der Waals surface area contributed by atoms with Crippen LogP contribution in [0.25, 0.3) is 11.2 Å². The van der Waals surface area contributed by atoms with Gasteiger partial charge in [0.15, 0.2) is 11.2 Å². The number of rotatable bonds is 5. The van der Waals surface area contributed by atoms with Crippen molar-refractivity contribution in [1.82, 2.24) is 24.8 Å². The van der Waals surface area contributed by atoms with E-state index >= 15 is 0 Å². The molecule has 6 nitrogen and oxygen atoms in total. The van der Waals surface area contributed by atoms with E-state index < -0.39 is 0 Å². The van der Waals surface area contributed by atoms with Gasteiger partial charge in [-0.2, -0.15) is 0 Å². The number of benzene rings is 1. The third-order valence-electron chi connectivity index (χ3n) is 3.34. The lowest BCUT2D eigenvalue weighted by molar-refractivity contribution is 0.753. The lowest BCUT2D eigenvalue weighted by atomic mass is 10.2. The molecule has 0 unspecified atom stereocenters. The molecule has 21 heavy (non-hydrogen) atoms. The van der Waals surface area contributed by atoms with E-state index in [4.69, 9.17) is 0 Å². The second-order valence-electron chi connectivity index (χ2n) is 4.90. The fourth-order valence-corrected chi connectivity index (χ4v) is 2.29. The highest BCUT2D eigenvalue weighted by molar-refractivity contribution is 5.69. The molecule has 6 heteroatoms. The second kappa shape index (κ2) is 5.88. The van der Waals surface area contributed by atoms with Gasteiger partial charge in [0.2, 0.25) is 0 Å². The first-order valence-electron chi connectivity index (χ1n) is 6.90. The van der Waals surface area contributed by atoms with Crippen LogP contribution in [0.3, 0.4) is 0 Å². The van der Waals surface area contributed by atoms with Crippen LogP contribution in [-0.4, -0.2) is 33.1 Å². The third-order valence-corrected chi connectivity index (χ3v) is 3.34.